The SMILES string of the molecule is Cc1cccc(NC(=O)COc2cccc(C3C4=C(CC(C)(C)CC4=O)N(CCc4ccccc4)C4=C3C(=O)CC(C)(C)C4)c2)c1C. The monoisotopic (exact) mass is 630 g/mol. The molecule has 244 valence electrons. The van der Waals surface area contributed by atoms with Gasteiger partial charge in [-0.1, -0.05) is 82.3 Å². The lowest BCUT2D eigenvalue weighted by Gasteiger charge is -2.49. The molecule has 3 aromatic rings. The van der Waals surface area contributed by atoms with Crippen LogP contribution >= 0.6 is 0 Å². The Morgan fingerprint density at radius 1 is 0.809 bits per heavy atom. The van der Waals surface area contributed by atoms with E-state index in [-0.39, 0.29) is 34.9 Å². The summed E-state index contributed by atoms with van der Waals surface area (Å²) in [4.78, 5) is 43.6. The molecule has 3 aliphatic rings. The first-order chi connectivity index (χ1) is 22.3. The number of Topliss-reactive ketones (excluding diaryl/α,β-unsaturated/α-hetero) is 2. The predicted molar refractivity (Wildman–Crippen MR) is 186 cm³/mol. The molecule has 0 spiro atoms. The van der Waals surface area contributed by atoms with Crippen LogP contribution in [0, 0.1) is 24.7 Å². The van der Waals surface area contributed by atoms with Crippen LogP contribution in [0.4, 0.5) is 5.69 Å². The van der Waals surface area contributed by atoms with E-state index in [0.29, 0.717) is 25.1 Å². The van der Waals surface area contributed by atoms with E-state index in [1.54, 1.807) is 0 Å². The number of carbonyl (C=O) groups is 3. The average molecular weight is 631 g/mol. The maximum Gasteiger partial charge on any atom is 0.262 e. The molecule has 0 aromatic heterocycles. The summed E-state index contributed by atoms with van der Waals surface area (Å²) in [6.45, 7) is 13.2. The minimum atomic E-state index is -0.465. The lowest BCUT2D eigenvalue weighted by molar-refractivity contribution is -0.120. The highest BCUT2D eigenvalue weighted by Gasteiger charge is 2.48. The molecule has 2 aliphatic carbocycles. The lowest BCUT2D eigenvalue weighted by atomic mass is 9.63. The smallest absolute Gasteiger partial charge is 0.262 e. The molecular weight excluding hydrogens is 584 g/mol. The molecule has 0 saturated carbocycles. The van der Waals surface area contributed by atoms with E-state index >= 15 is 0 Å². The van der Waals surface area contributed by atoms with Crippen LogP contribution in [0.2, 0.25) is 0 Å². The molecule has 0 saturated heterocycles. The van der Waals surface area contributed by atoms with Crippen LogP contribution in [-0.4, -0.2) is 35.5 Å². The van der Waals surface area contributed by atoms with Gasteiger partial charge in [0, 0.05) is 53.5 Å². The number of nitrogens with one attached hydrogen (secondary N) is 1. The summed E-state index contributed by atoms with van der Waals surface area (Å²) in [6.07, 6.45) is 3.21. The van der Waals surface area contributed by atoms with E-state index < -0.39 is 5.92 Å². The van der Waals surface area contributed by atoms with Gasteiger partial charge < -0.3 is 15.0 Å². The van der Waals surface area contributed by atoms with Gasteiger partial charge in [-0.05, 0) is 84.4 Å². The third kappa shape index (κ3) is 6.83. The molecule has 6 nitrogen and oxygen atoms in total. The van der Waals surface area contributed by atoms with Crippen LogP contribution in [0.15, 0.2) is 95.3 Å². The van der Waals surface area contributed by atoms with E-state index in [1.807, 2.05) is 62.4 Å². The Morgan fingerprint density at radius 3 is 2.06 bits per heavy atom. The molecular formula is C41H46N2O4. The first-order valence-corrected chi connectivity index (χ1v) is 16.7. The minimum absolute atomic E-state index is 0.106. The molecule has 1 heterocycles. The second kappa shape index (κ2) is 12.6. The molecule has 0 radical (unpaired) electrons. The van der Waals surface area contributed by atoms with Gasteiger partial charge in [-0.2, -0.15) is 0 Å². The third-order valence-electron chi connectivity index (χ3n) is 9.93. The summed E-state index contributed by atoms with van der Waals surface area (Å²) in [5.41, 5.74) is 8.18. The lowest BCUT2D eigenvalue weighted by Crippen LogP contribution is -2.45. The average Bonchev–Trinajstić information content (AvgIpc) is 3.00. The van der Waals surface area contributed by atoms with Crippen molar-refractivity contribution in [3.05, 3.63) is 118 Å². The number of amides is 1. The quantitative estimate of drug-likeness (QED) is 0.271. The first-order valence-electron chi connectivity index (χ1n) is 16.7. The van der Waals surface area contributed by atoms with Gasteiger partial charge in [0.15, 0.2) is 18.2 Å². The largest absolute Gasteiger partial charge is 0.484 e. The number of ether oxygens (including phenoxy) is 1. The fourth-order valence-electron chi connectivity index (χ4n) is 7.54. The molecule has 0 atom stereocenters. The Balaban J connectivity index is 1.36. The van der Waals surface area contributed by atoms with Gasteiger partial charge in [-0.15, -0.1) is 0 Å². The summed E-state index contributed by atoms with van der Waals surface area (Å²) in [5, 5.41) is 2.96. The van der Waals surface area contributed by atoms with E-state index in [2.05, 4.69) is 62.2 Å². The fourth-order valence-corrected chi connectivity index (χ4v) is 7.54. The molecule has 6 heteroatoms. The second-order valence-corrected chi connectivity index (χ2v) is 15.1. The molecule has 6 rings (SSSR count). The highest BCUT2D eigenvalue weighted by Crippen LogP contribution is 2.54. The van der Waals surface area contributed by atoms with Crippen LogP contribution in [0.1, 0.15) is 81.5 Å². The van der Waals surface area contributed by atoms with Gasteiger partial charge in [0.2, 0.25) is 0 Å². The zero-order valence-corrected chi connectivity index (χ0v) is 28.5. The maximum atomic E-state index is 14.2. The van der Waals surface area contributed by atoms with Gasteiger partial charge in [0.05, 0.1) is 0 Å². The molecule has 0 bridgehead atoms. The van der Waals surface area contributed by atoms with Crippen molar-refractivity contribution in [2.24, 2.45) is 10.8 Å². The van der Waals surface area contributed by atoms with E-state index in [1.165, 1.54) is 5.56 Å². The molecule has 0 unspecified atom stereocenters. The van der Waals surface area contributed by atoms with Crippen molar-refractivity contribution in [3.8, 4) is 5.75 Å². The number of aryl methyl sites for hydroxylation is 1. The highest BCUT2D eigenvalue weighted by atomic mass is 16.5. The number of allylic oxidation sites excluding steroid dienone is 4. The number of anilines is 1. The third-order valence-corrected chi connectivity index (χ3v) is 9.93. The number of rotatable bonds is 8. The molecule has 47 heavy (non-hydrogen) atoms. The number of hydrogen-bond donors (Lipinski definition) is 1. The number of hydrogen-bond acceptors (Lipinski definition) is 5. The topological polar surface area (TPSA) is 75.7 Å². The van der Waals surface area contributed by atoms with Crippen molar-refractivity contribution in [2.75, 3.05) is 18.5 Å². The van der Waals surface area contributed by atoms with E-state index in [4.69, 9.17) is 4.74 Å². The standard InChI is InChI=1S/C41H46N2O4/c1-26-12-10-17-31(27(26)2)42-36(46)25-47-30-16-11-15-29(20-30)37-38-32(21-40(3,4)23-34(38)44)43(19-18-28-13-8-7-9-14-28)33-22-41(5,6)24-35(45)39(33)37/h7-17,20,37H,18-19,21-25H2,1-6H3,(H,42,46). The van der Waals surface area contributed by atoms with E-state index in [0.717, 1.165) is 64.2 Å². The Kier molecular flexibility index (Phi) is 8.73. The first kappa shape index (κ1) is 32.5. The Hall–Kier alpha value is -4.45. The van der Waals surface area contributed by atoms with E-state index in [9.17, 15) is 14.4 Å². The van der Waals surface area contributed by atoms with Crippen molar-refractivity contribution in [2.45, 2.75) is 79.6 Å². The summed E-state index contributed by atoms with van der Waals surface area (Å²) in [5.74, 6) is 0.0259. The predicted octanol–water partition coefficient (Wildman–Crippen LogP) is 8.25. The van der Waals surface area contributed by atoms with Gasteiger partial charge in [0.1, 0.15) is 5.75 Å². The number of nitrogens with zero attached hydrogens (tertiary/aromatic N) is 1. The fraction of sp³-hybridized carbons (Fsp3) is 0.390. The van der Waals surface area contributed by atoms with Crippen LogP contribution in [0.3, 0.4) is 0 Å². The van der Waals surface area contributed by atoms with Crippen molar-refractivity contribution < 1.29 is 19.1 Å². The number of benzene rings is 3. The van der Waals surface area contributed by atoms with Gasteiger partial charge in [-0.25, -0.2) is 0 Å². The Morgan fingerprint density at radius 2 is 1.43 bits per heavy atom. The van der Waals surface area contributed by atoms with Gasteiger partial charge in [0.25, 0.3) is 5.91 Å². The molecule has 1 amide bonds. The normalized spacial score (nSPS) is 19.0. The van der Waals surface area contributed by atoms with Gasteiger partial charge in [-0.3, -0.25) is 14.4 Å². The van der Waals surface area contributed by atoms with Crippen molar-refractivity contribution >= 4 is 23.2 Å². The zero-order chi connectivity index (χ0) is 33.5. The van der Waals surface area contributed by atoms with Crippen LogP contribution < -0.4 is 10.1 Å². The Labute approximate surface area is 278 Å². The molecule has 3 aromatic carbocycles. The second-order valence-electron chi connectivity index (χ2n) is 15.1. The summed E-state index contributed by atoms with van der Waals surface area (Å²) >= 11 is 0. The molecule has 1 N–H and O–H groups in total. The highest BCUT2D eigenvalue weighted by molar-refractivity contribution is 6.06. The number of carbonyl (C=O) groups excluding carboxylic acids is 3. The zero-order valence-electron chi connectivity index (χ0n) is 28.5. The van der Waals surface area contributed by atoms with Crippen LogP contribution in [-0.2, 0) is 20.8 Å². The number of ketones is 2. The summed E-state index contributed by atoms with van der Waals surface area (Å²) in [6, 6.07) is 23.8. The molecule has 0 fully saturated rings. The van der Waals surface area contributed by atoms with Crippen molar-refractivity contribution in [1.82, 2.24) is 4.90 Å². The van der Waals surface area contributed by atoms with Crippen LogP contribution in [0.25, 0.3) is 0 Å². The summed E-state index contributed by atoms with van der Waals surface area (Å²) in [7, 11) is 0. The maximum absolute atomic E-state index is 14.2. The molecule has 1 aliphatic heterocycles. The van der Waals surface area contributed by atoms with Gasteiger partial charge >= 0.3 is 0 Å². The summed E-state index contributed by atoms with van der Waals surface area (Å²) < 4.78 is 6.02. The van der Waals surface area contributed by atoms with Crippen molar-refractivity contribution in [3.63, 3.8) is 0 Å². The van der Waals surface area contributed by atoms with Crippen LogP contribution in [0.5, 0.6) is 5.75 Å². The van der Waals surface area contributed by atoms with Crippen molar-refractivity contribution in [1.29, 1.82) is 0 Å². The Bertz CT molecular complexity index is 1740. The minimum Gasteiger partial charge on any atom is -0.484 e.